The van der Waals surface area contributed by atoms with Crippen LogP contribution in [0.5, 0.6) is 0 Å². The Morgan fingerprint density at radius 3 is 2.64 bits per heavy atom. The molecule has 0 saturated carbocycles. The van der Waals surface area contributed by atoms with Gasteiger partial charge in [-0.3, -0.25) is 0 Å². The molecule has 0 amide bonds. The molecule has 0 nitrogen and oxygen atoms in total. The molecule has 1 rings (SSSR count). The molecule has 11 heavy (non-hydrogen) atoms. The molecule has 59 valence electrons. The Labute approximate surface area is 74.6 Å². The van der Waals surface area contributed by atoms with Gasteiger partial charge in [0.15, 0.2) is 0 Å². The molecule has 1 unspecified atom stereocenters. The van der Waals surface area contributed by atoms with E-state index < -0.39 is 0 Å². The van der Waals surface area contributed by atoms with Crippen molar-refractivity contribution in [1.29, 1.82) is 0 Å². The van der Waals surface area contributed by atoms with Crippen molar-refractivity contribution in [3.63, 3.8) is 0 Å². The number of benzene rings is 1. The van der Waals surface area contributed by atoms with E-state index in [1.54, 1.807) is 6.07 Å². The fraction of sp³-hybridized carbons (Fsp3) is 0.222. The first kappa shape index (κ1) is 8.72. The summed E-state index contributed by atoms with van der Waals surface area (Å²) in [4.78, 5) is 0. The third-order valence-electron chi connectivity index (χ3n) is 1.49. The van der Waals surface area contributed by atoms with Gasteiger partial charge in [0.2, 0.25) is 0 Å². The lowest BCUT2D eigenvalue weighted by molar-refractivity contribution is 0.624. The van der Waals surface area contributed by atoms with Gasteiger partial charge in [-0.15, -0.1) is 0 Å². The Balaban J connectivity index is 3.13. The monoisotopic (exact) mass is 215 g/mol. The fourth-order valence-electron chi connectivity index (χ4n) is 0.892. The van der Waals surface area contributed by atoms with Gasteiger partial charge in [-0.2, -0.15) is 0 Å². The highest BCUT2D eigenvalue weighted by molar-refractivity contribution is 9.10. The van der Waals surface area contributed by atoms with E-state index in [-0.39, 0.29) is 11.7 Å². The summed E-state index contributed by atoms with van der Waals surface area (Å²) in [5.74, 6) is -0.0984. The van der Waals surface area contributed by atoms with Crippen LogP contribution in [0.2, 0.25) is 0 Å². The molecule has 0 heterocycles. The molecule has 0 saturated heterocycles. The van der Waals surface area contributed by atoms with E-state index in [9.17, 15) is 4.39 Å². The van der Waals surface area contributed by atoms with Gasteiger partial charge < -0.3 is 0 Å². The molecule has 1 radical (unpaired) electrons. The molecule has 0 fully saturated rings. The molecule has 2 heteroatoms. The second-order valence-electron chi connectivity index (χ2n) is 2.57. The molecule has 0 spiro atoms. The van der Waals surface area contributed by atoms with Crippen molar-refractivity contribution in [2.24, 2.45) is 0 Å². The Morgan fingerprint density at radius 1 is 1.55 bits per heavy atom. The summed E-state index contributed by atoms with van der Waals surface area (Å²) in [6.07, 6.45) is 0. The number of hydrogen-bond acceptors (Lipinski definition) is 0. The van der Waals surface area contributed by atoms with Crippen LogP contribution < -0.4 is 0 Å². The van der Waals surface area contributed by atoms with Gasteiger partial charge in [0.1, 0.15) is 5.82 Å². The lowest BCUT2D eigenvalue weighted by Crippen LogP contribution is -1.90. The van der Waals surface area contributed by atoms with E-state index >= 15 is 0 Å². The quantitative estimate of drug-likeness (QED) is 0.673. The maximum atomic E-state index is 12.7. The molecular formula is C9H9BrF. The zero-order valence-electron chi connectivity index (χ0n) is 6.27. The lowest BCUT2D eigenvalue weighted by atomic mass is 10.0. The van der Waals surface area contributed by atoms with Crippen molar-refractivity contribution in [2.75, 3.05) is 0 Å². The maximum absolute atomic E-state index is 12.7. The van der Waals surface area contributed by atoms with Crippen molar-refractivity contribution in [1.82, 2.24) is 0 Å². The largest absolute Gasteiger partial charge is 0.207 e. The van der Waals surface area contributed by atoms with Crippen LogP contribution in [0.3, 0.4) is 0 Å². The maximum Gasteiger partial charge on any atom is 0.123 e. The molecule has 1 aromatic carbocycles. The van der Waals surface area contributed by atoms with E-state index in [2.05, 4.69) is 22.9 Å². The Kier molecular flexibility index (Phi) is 2.66. The summed E-state index contributed by atoms with van der Waals surface area (Å²) >= 11 is 3.32. The van der Waals surface area contributed by atoms with Crippen LogP contribution in [0.15, 0.2) is 22.7 Å². The van der Waals surface area contributed by atoms with Gasteiger partial charge in [0, 0.05) is 4.47 Å². The summed E-state index contributed by atoms with van der Waals surface area (Å²) in [7, 11) is 0. The summed E-state index contributed by atoms with van der Waals surface area (Å²) in [6, 6.07) is 4.63. The highest BCUT2D eigenvalue weighted by Gasteiger charge is 2.04. The molecule has 1 atom stereocenters. The van der Waals surface area contributed by atoms with Crippen LogP contribution in [0.25, 0.3) is 0 Å². The van der Waals surface area contributed by atoms with Crippen molar-refractivity contribution in [2.45, 2.75) is 12.8 Å². The Bertz CT molecular complexity index is 256. The zero-order chi connectivity index (χ0) is 8.43. The first-order valence-electron chi connectivity index (χ1n) is 3.39. The van der Waals surface area contributed by atoms with E-state index in [1.807, 2.05) is 6.92 Å². The van der Waals surface area contributed by atoms with Crippen LogP contribution in [0, 0.1) is 12.7 Å². The standard InChI is InChI=1S/C9H9BrF/c1-6(2)8-5-7(11)3-4-9(8)10/h3-6H,1H2,2H3. The number of halogens is 2. The number of rotatable bonds is 1. The second kappa shape index (κ2) is 3.35. The molecule has 0 N–H and O–H groups in total. The van der Waals surface area contributed by atoms with Crippen LogP contribution >= 0.6 is 15.9 Å². The first-order chi connectivity index (χ1) is 5.11. The third kappa shape index (κ3) is 2.03. The molecule has 1 aromatic rings. The van der Waals surface area contributed by atoms with Gasteiger partial charge in [-0.1, -0.05) is 22.9 Å². The summed E-state index contributed by atoms with van der Waals surface area (Å²) < 4.78 is 13.6. The predicted octanol–water partition coefficient (Wildman–Crippen LogP) is 3.53. The summed E-state index contributed by atoms with van der Waals surface area (Å²) in [5, 5.41) is 0. The summed E-state index contributed by atoms with van der Waals surface area (Å²) in [5.41, 5.74) is 0.907. The van der Waals surface area contributed by atoms with Gasteiger partial charge in [0.25, 0.3) is 0 Å². The molecule has 0 aliphatic heterocycles. The van der Waals surface area contributed by atoms with Crippen LogP contribution in [-0.4, -0.2) is 0 Å². The molecule has 0 aromatic heterocycles. The fourth-order valence-corrected chi connectivity index (χ4v) is 1.53. The molecule has 0 aliphatic rings. The smallest absolute Gasteiger partial charge is 0.123 e. The predicted molar refractivity (Wildman–Crippen MR) is 47.9 cm³/mol. The van der Waals surface area contributed by atoms with Gasteiger partial charge in [-0.25, -0.2) is 4.39 Å². The highest BCUT2D eigenvalue weighted by Crippen LogP contribution is 2.24. The van der Waals surface area contributed by atoms with E-state index in [1.165, 1.54) is 12.1 Å². The minimum absolute atomic E-state index is 0.111. The van der Waals surface area contributed by atoms with Crippen molar-refractivity contribution in [3.8, 4) is 0 Å². The Morgan fingerprint density at radius 2 is 2.18 bits per heavy atom. The van der Waals surface area contributed by atoms with Crippen molar-refractivity contribution in [3.05, 3.63) is 41.0 Å². The average Bonchev–Trinajstić information content (AvgIpc) is 1.94. The minimum Gasteiger partial charge on any atom is -0.207 e. The van der Waals surface area contributed by atoms with Crippen LogP contribution in [0.1, 0.15) is 18.4 Å². The van der Waals surface area contributed by atoms with Gasteiger partial charge in [0.05, 0.1) is 0 Å². The second-order valence-corrected chi connectivity index (χ2v) is 3.42. The van der Waals surface area contributed by atoms with Crippen molar-refractivity contribution < 1.29 is 4.39 Å². The van der Waals surface area contributed by atoms with E-state index in [4.69, 9.17) is 0 Å². The minimum atomic E-state index is -0.210. The van der Waals surface area contributed by atoms with Crippen LogP contribution in [-0.2, 0) is 0 Å². The topological polar surface area (TPSA) is 0 Å². The van der Waals surface area contributed by atoms with E-state index in [0.29, 0.717) is 0 Å². The molecule has 0 aliphatic carbocycles. The third-order valence-corrected chi connectivity index (χ3v) is 2.21. The summed E-state index contributed by atoms with van der Waals surface area (Å²) in [6.45, 7) is 5.74. The average molecular weight is 216 g/mol. The normalized spacial score (nSPS) is 10.6. The number of hydrogen-bond donors (Lipinski definition) is 0. The van der Waals surface area contributed by atoms with E-state index in [0.717, 1.165) is 10.0 Å². The SMILES string of the molecule is [CH2]C(C)c1cc(F)ccc1Br. The highest BCUT2D eigenvalue weighted by atomic mass is 79.9. The lowest BCUT2D eigenvalue weighted by Gasteiger charge is -2.06. The van der Waals surface area contributed by atoms with Gasteiger partial charge in [-0.05, 0) is 36.6 Å². The molecule has 0 bridgehead atoms. The van der Waals surface area contributed by atoms with Crippen LogP contribution in [0.4, 0.5) is 4.39 Å². The van der Waals surface area contributed by atoms with Crippen molar-refractivity contribution >= 4 is 15.9 Å². The zero-order valence-corrected chi connectivity index (χ0v) is 7.86. The Hall–Kier alpha value is -0.370. The first-order valence-corrected chi connectivity index (χ1v) is 4.18. The molecular weight excluding hydrogens is 207 g/mol. The van der Waals surface area contributed by atoms with Gasteiger partial charge >= 0.3 is 0 Å².